The van der Waals surface area contributed by atoms with Gasteiger partial charge in [0.15, 0.2) is 0 Å². The molecule has 0 aliphatic carbocycles. The Balaban J connectivity index is 1.52. The first-order valence-corrected chi connectivity index (χ1v) is 9.28. The summed E-state index contributed by atoms with van der Waals surface area (Å²) < 4.78 is 23.5. The molecule has 29 heavy (non-hydrogen) atoms. The first kappa shape index (κ1) is 20.4. The van der Waals surface area contributed by atoms with Crippen LogP contribution >= 0.6 is 0 Å². The number of rotatable bonds is 7. The second-order valence-corrected chi connectivity index (χ2v) is 6.84. The second kappa shape index (κ2) is 9.27. The van der Waals surface area contributed by atoms with Gasteiger partial charge in [0.05, 0.1) is 14.2 Å². The van der Waals surface area contributed by atoms with E-state index in [9.17, 15) is 14.0 Å². The summed E-state index contributed by atoms with van der Waals surface area (Å²) in [5.41, 5.74) is 1.31. The van der Waals surface area contributed by atoms with Gasteiger partial charge < -0.3 is 25.0 Å². The molecule has 2 aromatic rings. The molecule has 3 amide bonds. The van der Waals surface area contributed by atoms with Crippen LogP contribution in [0.15, 0.2) is 42.5 Å². The van der Waals surface area contributed by atoms with Crippen molar-refractivity contribution in [1.82, 2.24) is 10.2 Å². The average molecular weight is 401 g/mol. The quantitative estimate of drug-likeness (QED) is 0.748. The summed E-state index contributed by atoms with van der Waals surface area (Å²) in [6.07, 6.45) is 0.361. The summed E-state index contributed by atoms with van der Waals surface area (Å²) in [4.78, 5) is 26.3. The van der Waals surface area contributed by atoms with Gasteiger partial charge in [-0.1, -0.05) is 18.2 Å². The molecule has 3 rings (SSSR count). The van der Waals surface area contributed by atoms with E-state index in [-0.39, 0.29) is 17.6 Å². The van der Waals surface area contributed by atoms with Crippen molar-refractivity contribution in [2.45, 2.75) is 13.0 Å². The molecule has 1 fully saturated rings. The Morgan fingerprint density at radius 1 is 1.14 bits per heavy atom. The lowest BCUT2D eigenvalue weighted by molar-refractivity contribution is -0.128. The molecular weight excluding hydrogens is 377 g/mol. The highest BCUT2D eigenvalue weighted by molar-refractivity contribution is 5.93. The van der Waals surface area contributed by atoms with E-state index in [0.29, 0.717) is 43.2 Å². The van der Waals surface area contributed by atoms with Crippen molar-refractivity contribution in [2.75, 3.05) is 32.6 Å². The zero-order chi connectivity index (χ0) is 20.8. The molecule has 1 saturated heterocycles. The molecule has 8 heteroatoms. The second-order valence-electron chi connectivity index (χ2n) is 6.84. The van der Waals surface area contributed by atoms with E-state index in [1.165, 1.54) is 26.4 Å². The minimum absolute atomic E-state index is 0.00765. The van der Waals surface area contributed by atoms with E-state index in [0.717, 1.165) is 5.56 Å². The molecule has 1 aliphatic rings. The monoisotopic (exact) mass is 401 g/mol. The van der Waals surface area contributed by atoms with Gasteiger partial charge in [-0.15, -0.1) is 0 Å². The number of urea groups is 1. The van der Waals surface area contributed by atoms with Crippen molar-refractivity contribution in [2.24, 2.45) is 5.92 Å². The molecule has 1 heterocycles. The van der Waals surface area contributed by atoms with Gasteiger partial charge in [0.1, 0.15) is 23.0 Å². The molecule has 0 bridgehead atoms. The minimum Gasteiger partial charge on any atom is -0.494 e. The molecule has 154 valence electrons. The number of hydrogen-bond acceptors (Lipinski definition) is 4. The molecular formula is C21H24FN3O4. The van der Waals surface area contributed by atoms with Gasteiger partial charge >= 0.3 is 6.03 Å². The number of carbonyl (C=O) groups is 2. The van der Waals surface area contributed by atoms with Crippen LogP contribution in [-0.4, -0.2) is 44.1 Å². The number of nitrogens with one attached hydrogen (secondary N) is 2. The number of benzene rings is 2. The third-order valence-electron chi connectivity index (χ3n) is 4.80. The number of halogens is 1. The van der Waals surface area contributed by atoms with Crippen molar-refractivity contribution in [3.8, 4) is 11.5 Å². The first-order chi connectivity index (χ1) is 14.0. The molecule has 0 radical (unpaired) electrons. The number of amides is 3. The fourth-order valence-corrected chi connectivity index (χ4v) is 3.32. The van der Waals surface area contributed by atoms with Gasteiger partial charge in [0.2, 0.25) is 5.91 Å². The zero-order valence-corrected chi connectivity index (χ0v) is 16.4. The van der Waals surface area contributed by atoms with E-state index in [1.807, 2.05) is 0 Å². The summed E-state index contributed by atoms with van der Waals surface area (Å²) in [7, 11) is 3.02. The number of ether oxygens (including phenoxy) is 2. The number of hydrogen-bond donors (Lipinski definition) is 2. The lowest BCUT2D eigenvalue weighted by Crippen LogP contribution is -2.34. The predicted molar refractivity (Wildman–Crippen MR) is 106 cm³/mol. The molecule has 1 aliphatic heterocycles. The van der Waals surface area contributed by atoms with Crippen LogP contribution in [0.5, 0.6) is 11.5 Å². The van der Waals surface area contributed by atoms with E-state index >= 15 is 0 Å². The number of carbonyl (C=O) groups excluding carboxylic acids is 2. The van der Waals surface area contributed by atoms with Crippen LogP contribution in [0.2, 0.25) is 0 Å². The Morgan fingerprint density at radius 3 is 2.41 bits per heavy atom. The van der Waals surface area contributed by atoms with Gasteiger partial charge in [0.25, 0.3) is 0 Å². The molecule has 1 atom stereocenters. The summed E-state index contributed by atoms with van der Waals surface area (Å²) in [5, 5.41) is 5.54. The van der Waals surface area contributed by atoms with E-state index in [1.54, 1.807) is 35.2 Å². The van der Waals surface area contributed by atoms with Crippen LogP contribution < -0.4 is 20.1 Å². The Morgan fingerprint density at radius 2 is 1.79 bits per heavy atom. The van der Waals surface area contributed by atoms with Crippen LogP contribution in [0.3, 0.4) is 0 Å². The van der Waals surface area contributed by atoms with Crippen molar-refractivity contribution in [3.63, 3.8) is 0 Å². The van der Waals surface area contributed by atoms with Crippen LogP contribution in [0, 0.1) is 11.7 Å². The molecule has 0 saturated carbocycles. The Labute approximate surface area is 168 Å². The first-order valence-electron chi connectivity index (χ1n) is 9.28. The molecule has 0 spiro atoms. The lowest BCUT2D eigenvalue weighted by atomic mass is 10.1. The Kier molecular flexibility index (Phi) is 6.54. The SMILES string of the molecule is COc1cccc(OC)c1NC(=O)NCC1CC(=O)N(Cc2ccc(F)cc2)C1. The van der Waals surface area contributed by atoms with E-state index < -0.39 is 6.03 Å². The van der Waals surface area contributed by atoms with Gasteiger partial charge in [-0.3, -0.25) is 4.79 Å². The van der Waals surface area contributed by atoms with Crippen molar-refractivity contribution < 1.29 is 23.5 Å². The molecule has 7 nitrogen and oxygen atoms in total. The highest BCUT2D eigenvalue weighted by Gasteiger charge is 2.29. The van der Waals surface area contributed by atoms with Crippen molar-refractivity contribution >= 4 is 17.6 Å². The smallest absolute Gasteiger partial charge is 0.319 e. The highest BCUT2D eigenvalue weighted by atomic mass is 19.1. The maximum Gasteiger partial charge on any atom is 0.319 e. The molecule has 0 aromatic heterocycles. The number of methoxy groups -OCH3 is 2. The third kappa shape index (κ3) is 5.16. The van der Waals surface area contributed by atoms with E-state index in [2.05, 4.69) is 10.6 Å². The molecule has 1 unspecified atom stereocenters. The van der Waals surface area contributed by atoms with Crippen LogP contribution in [0.25, 0.3) is 0 Å². The van der Waals surface area contributed by atoms with Crippen LogP contribution in [0.4, 0.5) is 14.9 Å². The highest BCUT2D eigenvalue weighted by Crippen LogP contribution is 2.34. The van der Waals surface area contributed by atoms with Gasteiger partial charge in [0, 0.05) is 32.0 Å². The number of para-hydroxylation sites is 1. The maximum absolute atomic E-state index is 13.0. The topological polar surface area (TPSA) is 79.9 Å². The van der Waals surface area contributed by atoms with Crippen molar-refractivity contribution in [3.05, 3.63) is 53.8 Å². The summed E-state index contributed by atoms with van der Waals surface area (Å²) in [6, 6.07) is 10.9. The summed E-state index contributed by atoms with van der Waals surface area (Å²) in [5.74, 6) is 0.699. The Bertz CT molecular complexity index is 850. The third-order valence-corrected chi connectivity index (χ3v) is 4.80. The molecule has 2 N–H and O–H groups in total. The van der Waals surface area contributed by atoms with Gasteiger partial charge in [-0.2, -0.15) is 0 Å². The van der Waals surface area contributed by atoms with Gasteiger partial charge in [-0.25, -0.2) is 9.18 Å². The lowest BCUT2D eigenvalue weighted by Gasteiger charge is -2.18. The van der Waals surface area contributed by atoms with E-state index in [4.69, 9.17) is 9.47 Å². The normalized spacial score (nSPS) is 15.9. The molecule has 2 aromatic carbocycles. The van der Waals surface area contributed by atoms with Gasteiger partial charge in [-0.05, 0) is 29.8 Å². The minimum atomic E-state index is -0.405. The fourth-order valence-electron chi connectivity index (χ4n) is 3.32. The number of nitrogens with zero attached hydrogens (tertiary/aromatic N) is 1. The number of likely N-dealkylation sites (tertiary alicyclic amines) is 1. The van der Waals surface area contributed by atoms with Crippen LogP contribution in [-0.2, 0) is 11.3 Å². The van der Waals surface area contributed by atoms with Crippen LogP contribution in [0.1, 0.15) is 12.0 Å². The standard InChI is InChI=1S/C21H24FN3O4/c1-28-17-4-3-5-18(29-2)20(17)24-21(27)23-11-15-10-19(26)25(13-15)12-14-6-8-16(22)9-7-14/h3-9,15H,10-13H2,1-2H3,(H2,23,24,27). The maximum atomic E-state index is 13.0. The predicted octanol–water partition coefficient (Wildman–Crippen LogP) is 3.01. The average Bonchev–Trinajstić information content (AvgIpc) is 3.07. The summed E-state index contributed by atoms with van der Waals surface area (Å²) in [6.45, 7) is 1.32. The largest absolute Gasteiger partial charge is 0.494 e. The number of anilines is 1. The fraction of sp³-hybridized carbons (Fsp3) is 0.333. The van der Waals surface area contributed by atoms with Crippen molar-refractivity contribution in [1.29, 1.82) is 0 Å². The zero-order valence-electron chi connectivity index (χ0n) is 16.4. The summed E-state index contributed by atoms with van der Waals surface area (Å²) >= 11 is 0. The Hall–Kier alpha value is -3.29.